The number of morpholine rings is 1. The van der Waals surface area contributed by atoms with Crippen LogP contribution in [0.4, 0.5) is 0 Å². The normalized spacial score (nSPS) is 35.6. The largest absolute Gasteiger partial charge is 0.372 e. The van der Waals surface area contributed by atoms with Crippen molar-refractivity contribution in [1.29, 1.82) is 0 Å². The van der Waals surface area contributed by atoms with Crippen molar-refractivity contribution in [3.63, 3.8) is 0 Å². The standard InChI is InChI=1S/C11H21N3O3S/c15-18(16,13-6-1-4-12-5-7-13)14-8-10-2-3-11(9-14)17-10/h10-12H,1-9H2. The van der Waals surface area contributed by atoms with Crippen LogP contribution in [0.1, 0.15) is 19.3 Å². The molecule has 0 aromatic rings. The van der Waals surface area contributed by atoms with E-state index in [1.54, 1.807) is 8.61 Å². The van der Waals surface area contributed by atoms with Crippen LogP contribution in [0.3, 0.4) is 0 Å². The van der Waals surface area contributed by atoms with Crippen molar-refractivity contribution in [3.8, 4) is 0 Å². The Bertz CT molecular complexity index is 380. The molecule has 3 fully saturated rings. The summed E-state index contributed by atoms with van der Waals surface area (Å²) >= 11 is 0. The van der Waals surface area contributed by atoms with Gasteiger partial charge in [0.15, 0.2) is 0 Å². The Hall–Kier alpha value is -0.210. The highest BCUT2D eigenvalue weighted by molar-refractivity contribution is 7.86. The van der Waals surface area contributed by atoms with Gasteiger partial charge in [0.2, 0.25) is 0 Å². The molecule has 3 aliphatic heterocycles. The molecule has 3 saturated heterocycles. The Morgan fingerprint density at radius 2 is 1.72 bits per heavy atom. The van der Waals surface area contributed by atoms with Gasteiger partial charge in [-0.05, 0) is 25.8 Å². The SMILES string of the molecule is O=S(=O)(N1CCCNCC1)N1CC2CCC(C1)O2. The average Bonchev–Trinajstić information content (AvgIpc) is 2.61. The van der Waals surface area contributed by atoms with E-state index in [4.69, 9.17) is 4.74 Å². The van der Waals surface area contributed by atoms with Crippen LogP contribution in [0.5, 0.6) is 0 Å². The number of rotatable bonds is 2. The fourth-order valence-corrected chi connectivity index (χ4v) is 4.70. The van der Waals surface area contributed by atoms with Crippen LogP contribution in [0.25, 0.3) is 0 Å². The van der Waals surface area contributed by atoms with Crippen molar-refractivity contribution in [2.24, 2.45) is 0 Å². The van der Waals surface area contributed by atoms with E-state index >= 15 is 0 Å². The lowest BCUT2D eigenvalue weighted by Gasteiger charge is -2.34. The smallest absolute Gasteiger partial charge is 0.282 e. The Balaban J connectivity index is 1.72. The summed E-state index contributed by atoms with van der Waals surface area (Å²) in [6.07, 6.45) is 3.11. The lowest BCUT2D eigenvalue weighted by atomic mass is 10.2. The highest BCUT2D eigenvalue weighted by atomic mass is 32.2. The minimum Gasteiger partial charge on any atom is -0.372 e. The summed E-state index contributed by atoms with van der Waals surface area (Å²) in [5.41, 5.74) is 0. The summed E-state index contributed by atoms with van der Waals surface area (Å²) < 4.78 is 34.1. The predicted molar refractivity (Wildman–Crippen MR) is 67.4 cm³/mol. The second-order valence-electron chi connectivity index (χ2n) is 5.28. The third kappa shape index (κ3) is 2.42. The van der Waals surface area contributed by atoms with E-state index in [9.17, 15) is 8.42 Å². The van der Waals surface area contributed by atoms with Gasteiger partial charge in [-0.25, -0.2) is 0 Å². The van der Waals surface area contributed by atoms with Gasteiger partial charge in [-0.2, -0.15) is 17.0 Å². The fraction of sp³-hybridized carbons (Fsp3) is 1.00. The molecular weight excluding hydrogens is 254 g/mol. The number of fused-ring (bicyclic) bond motifs is 2. The molecule has 2 unspecified atom stereocenters. The van der Waals surface area contributed by atoms with E-state index in [1.165, 1.54) is 0 Å². The zero-order valence-corrected chi connectivity index (χ0v) is 11.4. The second-order valence-corrected chi connectivity index (χ2v) is 7.21. The first-order chi connectivity index (χ1) is 8.66. The van der Waals surface area contributed by atoms with Gasteiger partial charge in [0.25, 0.3) is 10.2 Å². The Morgan fingerprint density at radius 1 is 1.00 bits per heavy atom. The van der Waals surface area contributed by atoms with E-state index in [0.29, 0.717) is 26.2 Å². The molecule has 104 valence electrons. The Kier molecular flexibility index (Phi) is 3.59. The van der Waals surface area contributed by atoms with Gasteiger partial charge in [0, 0.05) is 32.7 Å². The Labute approximate surface area is 108 Å². The molecule has 2 atom stereocenters. The summed E-state index contributed by atoms with van der Waals surface area (Å²) in [5, 5.41) is 3.23. The van der Waals surface area contributed by atoms with E-state index in [0.717, 1.165) is 32.4 Å². The summed E-state index contributed by atoms with van der Waals surface area (Å²) in [4.78, 5) is 0. The third-order valence-corrected chi connectivity index (χ3v) is 5.93. The molecule has 0 spiro atoms. The first kappa shape index (κ1) is 12.8. The van der Waals surface area contributed by atoms with Crippen molar-refractivity contribution in [1.82, 2.24) is 13.9 Å². The quantitative estimate of drug-likeness (QED) is 0.730. The molecule has 0 aliphatic carbocycles. The Morgan fingerprint density at radius 3 is 2.44 bits per heavy atom. The first-order valence-corrected chi connectivity index (χ1v) is 8.17. The molecule has 18 heavy (non-hydrogen) atoms. The number of nitrogens with zero attached hydrogens (tertiary/aromatic N) is 2. The number of hydrogen-bond donors (Lipinski definition) is 1. The summed E-state index contributed by atoms with van der Waals surface area (Å²) in [6, 6.07) is 0. The predicted octanol–water partition coefficient (Wildman–Crippen LogP) is -0.610. The molecule has 3 aliphatic rings. The van der Waals surface area contributed by atoms with E-state index < -0.39 is 10.2 Å². The van der Waals surface area contributed by atoms with Crippen molar-refractivity contribution in [2.45, 2.75) is 31.5 Å². The van der Waals surface area contributed by atoms with Crippen molar-refractivity contribution in [2.75, 3.05) is 39.3 Å². The van der Waals surface area contributed by atoms with Gasteiger partial charge in [0.1, 0.15) is 0 Å². The van der Waals surface area contributed by atoms with Crippen LogP contribution < -0.4 is 5.32 Å². The maximum Gasteiger partial charge on any atom is 0.282 e. The van der Waals surface area contributed by atoms with Gasteiger partial charge in [-0.3, -0.25) is 0 Å². The summed E-state index contributed by atoms with van der Waals surface area (Å²) in [6.45, 7) is 3.92. The zero-order chi connectivity index (χ0) is 12.6. The summed E-state index contributed by atoms with van der Waals surface area (Å²) in [5.74, 6) is 0. The van der Waals surface area contributed by atoms with Crippen LogP contribution in [0, 0.1) is 0 Å². The van der Waals surface area contributed by atoms with Crippen LogP contribution in [-0.4, -0.2) is 68.5 Å². The van der Waals surface area contributed by atoms with Gasteiger partial charge in [-0.1, -0.05) is 0 Å². The second kappa shape index (κ2) is 5.05. The maximum absolute atomic E-state index is 12.6. The fourth-order valence-electron chi connectivity index (χ4n) is 2.98. The third-order valence-electron chi connectivity index (χ3n) is 3.96. The lowest BCUT2D eigenvalue weighted by Crippen LogP contribution is -2.52. The molecule has 6 nitrogen and oxygen atoms in total. The van der Waals surface area contributed by atoms with Gasteiger partial charge < -0.3 is 10.1 Å². The topological polar surface area (TPSA) is 61.9 Å². The van der Waals surface area contributed by atoms with E-state index in [2.05, 4.69) is 5.32 Å². The first-order valence-electron chi connectivity index (χ1n) is 6.77. The van der Waals surface area contributed by atoms with Gasteiger partial charge >= 0.3 is 0 Å². The molecule has 3 heterocycles. The van der Waals surface area contributed by atoms with Crippen LogP contribution >= 0.6 is 0 Å². The lowest BCUT2D eigenvalue weighted by molar-refractivity contribution is -0.0131. The number of nitrogens with one attached hydrogen (secondary N) is 1. The molecule has 0 aromatic carbocycles. The highest BCUT2D eigenvalue weighted by Crippen LogP contribution is 2.28. The molecule has 0 amide bonds. The molecule has 0 aromatic heterocycles. The van der Waals surface area contributed by atoms with Crippen LogP contribution in [0.15, 0.2) is 0 Å². The molecular formula is C11H21N3O3S. The average molecular weight is 275 g/mol. The van der Waals surface area contributed by atoms with E-state index in [1.807, 2.05) is 0 Å². The molecule has 7 heteroatoms. The maximum atomic E-state index is 12.6. The molecule has 2 bridgehead atoms. The van der Waals surface area contributed by atoms with Crippen LogP contribution in [-0.2, 0) is 14.9 Å². The zero-order valence-electron chi connectivity index (χ0n) is 10.5. The number of hydrogen-bond acceptors (Lipinski definition) is 4. The number of ether oxygens (including phenoxy) is 1. The van der Waals surface area contributed by atoms with Crippen molar-refractivity contribution in [3.05, 3.63) is 0 Å². The summed E-state index contributed by atoms with van der Waals surface area (Å²) in [7, 11) is -3.29. The highest BCUT2D eigenvalue weighted by Gasteiger charge is 2.40. The van der Waals surface area contributed by atoms with Crippen LogP contribution in [0.2, 0.25) is 0 Å². The molecule has 0 saturated carbocycles. The minimum atomic E-state index is -3.29. The van der Waals surface area contributed by atoms with Gasteiger partial charge in [0.05, 0.1) is 12.2 Å². The minimum absolute atomic E-state index is 0.114. The van der Waals surface area contributed by atoms with Crippen molar-refractivity contribution >= 4 is 10.2 Å². The molecule has 3 rings (SSSR count). The molecule has 0 radical (unpaired) electrons. The molecule has 1 N–H and O–H groups in total. The van der Waals surface area contributed by atoms with Gasteiger partial charge in [-0.15, -0.1) is 0 Å². The monoisotopic (exact) mass is 275 g/mol. The van der Waals surface area contributed by atoms with E-state index in [-0.39, 0.29) is 12.2 Å². The van der Waals surface area contributed by atoms with Crippen molar-refractivity contribution < 1.29 is 13.2 Å².